The fraction of sp³-hybridized carbons (Fsp3) is 0.250. The molecular weight excluding hydrogens is 446 g/mol. The van der Waals surface area contributed by atoms with Crippen LogP contribution in [-0.2, 0) is 6.54 Å². The Morgan fingerprint density at radius 3 is 2.21 bits per heavy atom. The molecule has 9 heteroatoms. The van der Waals surface area contributed by atoms with E-state index in [0.717, 1.165) is 16.3 Å². The third kappa shape index (κ3) is 3.87. The van der Waals surface area contributed by atoms with Crippen LogP contribution in [0, 0.1) is 0 Å². The summed E-state index contributed by atoms with van der Waals surface area (Å²) in [6.07, 6.45) is 0. The molecular formula is C24H24ClN3O5. The Labute approximate surface area is 196 Å². The molecule has 0 unspecified atom stereocenters. The van der Waals surface area contributed by atoms with Gasteiger partial charge < -0.3 is 24.3 Å². The summed E-state index contributed by atoms with van der Waals surface area (Å²) in [5.41, 5.74) is 2.08. The number of imidazole rings is 1. The number of nitrogens with zero attached hydrogens (tertiary/aromatic N) is 2. The standard InChI is InChI=1S/C24H24ClN3O5/c1-13(29)28-17-11-15(25)6-7-16(17)27-24(28)26-12-14-10-20(32-4)21-18(30-2)8-9-19(31-3)22(21)23(14)33-5/h6-11H,12H2,1-5H3,(H,26,27). The molecule has 1 heterocycles. The summed E-state index contributed by atoms with van der Waals surface area (Å²) < 4.78 is 24.1. The van der Waals surface area contributed by atoms with E-state index in [9.17, 15) is 4.79 Å². The van der Waals surface area contributed by atoms with Crippen molar-refractivity contribution in [1.82, 2.24) is 9.55 Å². The molecule has 0 atom stereocenters. The fourth-order valence-electron chi connectivity index (χ4n) is 4.02. The van der Waals surface area contributed by atoms with Gasteiger partial charge in [0.1, 0.15) is 23.0 Å². The molecule has 172 valence electrons. The van der Waals surface area contributed by atoms with Crippen LogP contribution in [0.3, 0.4) is 0 Å². The fourth-order valence-corrected chi connectivity index (χ4v) is 4.18. The van der Waals surface area contributed by atoms with Gasteiger partial charge in [0.2, 0.25) is 11.9 Å². The van der Waals surface area contributed by atoms with Crippen LogP contribution < -0.4 is 24.3 Å². The minimum Gasteiger partial charge on any atom is -0.496 e. The topological polar surface area (TPSA) is 83.8 Å². The number of aromatic nitrogens is 2. The van der Waals surface area contributed by atoms with Crippen molar-refractivity contribution >= 4 is 45.3 Å². The molecule has 1 aromatic heterocycles. The molecule has 0 bridgehead atoms. The third-order valence-electron chi connectivity index (χ3n) is 5.43. The van der Waals surface area contributed by atoms with Crippen LogP contribution in [0.4, 0.5) is 5.95 Å². The molecule has 0 aliphatic rings. The highest BCUT2D eigenvalue weighted by Crippen LogP contribution is 2.46. The predicted octanol–water partition coefficient (Wildman–Crippen LogP) is 5.15. The van der Waals surface area contributed by atoms with Gasteiger partial charge >= 0.3 is 0 Å². The van der Waals surface area contributed by atoms with Crippen LogP contribution in [0.15, 0.2) is 36.4 Å². The molecule has 0 spiro atoms. The van der Waals surface area contributed by atoms with Crippen molar-refractivity contribution in [3.8, 4) is 23.0 Å². The lowest BCUT2D eigenvalue weighted by Gasteiger charge is -2.19. The van der Waals surface area contributed by atoms with Gasteiger partial charge in [0.25, 0.3) is 0 Å². The van der Waals surface area contributed by atoms with Gasteiger partial charge in [-0.05, 0) is 36.4 Å². The van der Waals surface area contributed by atoms with Gasteiger partial charge in [0.15, 0.2) is 0 Å². The van der Waals surface area contributed by atoms with Gasteiger partial charge in [0.05, 0.1) is 50.2 Å². The van der Waals surface area contributed by atoms with Crippen LogP contribution >= 0.6 is 11.6 Å². The van der Waals surface area contributed by atoms with Crippen LogP contribution in [0.2, 0.25) is 5.02 Å². The summed E-state index contributed by atoms with van der Waals surface area (Å²) in [5, 5.41) is 5.25. The molecule has 0 aliphatic carbocycles. The van der Waals surface area contributed by atoms with E-state index in [1.54, 1.807) is 46.6 Å². The van der Waals surface area contributed by atoms with Crippen molar-refractivity contribution in [3.63, 3.8) is 0 Å². The molecule has 33 heavy (non-hydrogen) atoms. The van der Waals surface area contributed by atoms with Crippen molar-refractivity contribution in [2.24, 2.45) is 0 Å². The quantitative estimate of drug-likeness (QED) is 0.400. The highest BCUT2D eigenvalue weighted by molar-refractivity contribution is 6.31. The Bertz CT molecular complexity index is 1370. The Morgan fingerprint density at radius 1 is 0.939 bits per heavy atom. The van der Waals surface area contributed by atoms with Crippen LogP contribution in [-0.4, -0.2) is 43.9 Å². The largest absolute Gasteiger partial charge is 0.496 e. The summed E-state index contributed by atoms with van der Waals surface area (Å²) in [6, 6.07) is 10.7. The number of hydrogen-bond donors (Lipinski definition) is 1. The second kappa shape index (κ2) is 9.07. The zero-order chi connectivity index (χ0) is 23.7. The summed E-state index contributed by atoms with van der Waals surface area (Å²) in [5.74, 6) is 2.67. The lowest BCUT2D eigenvalue weighted by molar-refractivity contribution is 0.0943. The van der Waals surface area contributed by atoms with E-state index in [1.165, 1.54) is 11.5 Å². The smallest absolute Gasteiger partial charge is 0.230 e. The van der Waals surface area contributed by atoms with Crippen molar-refractivity contribution in [1.29, 1.82) is 0 Å². The van der Waals surface area contributed by atoms with Crippen LogP contribution in [0.25, 0.3) is 21.8 Å². The first kappa shape index (κ1) is 22.5. The van der Waals surface area contributed by atoms with E-state index in [0.29, 0.717) is 51.5 Å². The molecule has 0 radical (unpaired) electrons. The average Bonchev–Trinajstić information content (AvgIpc) is 3.18. The number of anilines is 1. The van der Waals surface area contributed by atoms with E-state index in [1.807, 2.05) is 18.2 Å². The molecule has 0 amide bonds. The van der Waals surface area contributed by atoms with Gasteiger partial charge in [0, 0.05) is 24.1 Å². The number of carbonyl (C=O) groups is 1. The molecule has 4 rings (SSSR count). The molecule has 0 aliphatic heterocycles. The van der Waals surface area contributed by atoms with E-state index >= 15 is 0 Å². The molecule has 0 saturated carbocycles. The minimum atomic E-state index is -0.184. The second-order valence-corrected chi connectivity index (χ2v) is 7.70. The zero-order valence-corrected chi connectivity index (χ0v) is 19.7. The Morgan fingerprint density at radius 2 is 1.61 bits per heavy atom. The normalized spacial score (nSPS) is 11.0. The Balaban J connectivity index is 1.85. The molecule has 4 aromatic rings. The van der Waals surface area contributed by atoms with Crippen LogP contribution in [0.5, 0.6) is 23.0 Å². The number of ether oxygens (including phenoxy) is 4. The third-order valence-corrected chi connectivity index (χ3v) is 5.67. The van der Waals surface area contributed by atoms with Gasteiger partial charge in [-0.3, -0.25) is 4.79 Å². The van der Waals surface area contributed by atoms with Gasteiger partial charge in [-0.2, -0.15) is 0 Å². The van der Waals surface area contributed by atoms with E-state index in [2.05, 4.69) is 10.3 Å². The molecule has 0 saturated heterocycles. The Hall–Kier alpha value is -3.65. The summed E-state index contributed by atoms with van der Waals surface area (Å²) >= 11 is 6.13. The molecule has 0 fully saturated rings. The van der Waals surface area contributed by atoms with E-state index < -0.39 is 0 Å². The molecule has 1 N–H and O–H groups in total. The number of halogens is 1. The SMILES string of the molecule is COc1ccc(OC)c2c(OC)c(CNc3nc4ccc(Cl)cc4n3C(C)=O)cc(OC)c12. The van der Waals surface area contributed by atoms with Gasteiger partial charge in [-0.25, -0.2) is 9.55 Å². The summed E-state index contributed by atoms with van der Waals surface area (Å²) in [6.45, 7) is 1.78. The summed E-state index contributed by atoms with van der Waals surface area (Å²) in [7, 11) is 6.38. The maximum atomic E-state index is 12.4. The Kier molecular flexibility index (Phi) is 6.20. The maximum absolute atomic E-state index is 12.4. The molecule has 8 nitrogen and oxygen atoms in total. The highest BCUT2D eigenvalue weighted by atomic mass is 35.5. The predicted molar refractivity (Wildman–Crippen MR) is 129 cm³/mol. The number of hydrogen-bond acceptors (Lipinski definition) is 7. The lowest BCUT2D eigenvalue weighted by Crippen LogP contribution is -2.12. The zero-order valence-electron chi connectivity index (χ0n) is 19.0. The number of methoxy groups -OCH3 is 4. The lowest BCUT2D eigenvalue weighted by atomic mass is 10.0. The highest BCUT2D eigenvalue weighted by Gasteiger charge is 2.22. The first-order valence-corrected chi connectivity index (χ1v) is 10.5. The van der Waals surface area contributed by atoms with E-state index in [-0.39, 0.29) is 5.91 Å². The minimum absolute atomic E-state index is 0.184. The monoisotopic (exact) mass is 469 g/mol. The number of carbonyl (C=O) groups excluding carboxylic acids is 1. The molecule has 3 aromatic carbocycles. The summed E-state index contributed by atoms with van der Waals surface area (Å²) in [4.78, 5) is 16.9. The average molecular weight is 470 g/mol. The number of benzene rings is 3. The van der Waals surface area contributed by atoms with Crippen molar-refractivity contribution < 1.29 is 23.7 Å². The number of nitrogens with one attached hydrogen (secondary N) is 1. The first-order chi connectivity index (χ1) is 15.9. The number of fused-ring (bicyclic) bond motifs is 2. The van der Waals surface area contributed by atoms with Gasteiger partial charge in [-0.1, -0.05) is 11.6 Å². The first-order valence-electron chi connectivity index (χ1n) is 10.1. The van der Waals surface area contributed by atoms with E-state index in [4.69, 9.17) is 30.5 Å². The maximum Gasteiger partial charge on any atom is 0.230 e. The van der Waals surface area contributed by atoms with Crippen molar-refractivity contribution in [2.45, 2.75) is 13.5 Å². The second-order valence-electron chi connectivity index (χ2n) is 7.27. The van der Waals surface area contributed by atoms with Gasteiger partial charge in [-0.15, -0.1) is 0 Å². The van der Waals surface area contributed by atoms with Crippen LogP contribution in [0.1, 0.15) is 17.3 Å². The van der Waals surface area contributed by atoms with Crippen molar-refractivity contribution in [2.75, 3.05) is 33.8 Å². The van der Waals surface area contributed by atoms with Crippen molar-refractivity contribution in [3.05, 3.63) is 47.0 Å². The number of rotatable bonds is 7.